The fourth-order valence-electron chi connectivity index (χ4n) is 10.9. The topological polar surface area (TPSA) is 4.93 Å². The van der Waals surface area contributed by atoms with E-state index in [-0.39, 0.29) is 0 Å². The molecule has 59 heavy (non-hydrogen) atoms. The van der Waals surface area contributed by atoms with Crippen molar-refractivity contribution >= 4 is 43.4 Å². The Kier molecular flexibility index (Phi) is 8.15. The smallest absolute Gasteiger partial charge is 0.0541 e. The highest BCUT2D eigenvalue weighted by Gasteiger charge is 2.22. The Morgan fingerprint density at radius 3 is 1.32 bits per heavy atom. The largest absolute Gasteiger partial charge is 0.309 e. The van der Waals surface area contributed by atoms with Crippen molar-refractivity contribution in [3.8, 4) is 50.2 Å². The first-order valence-corrected chi connectivity index (χ1v) is 21.7. The Balaban J connectivity index is 1.15. The van der Waals surface area contributed by atoms with Crippen LogP contribution in [0.5, 0.6) is 0 Å². The molecule has 0 aliphatic heterocycles. The molecule has 282 valence electrons. The van der Waals surface area contributed by atoms with Crippen molar-refractivity contribution in [2.45, 2.75) is 51.4 Å². The van der Waals surface area contributed by atoms with Crippen LogP contribution < -0.4 is 0 Å². The summed E-state index contributed by atoms with van der Waals surface area (Å²) in [4.78, 5) is 0. The van der Waals surface area contributed by atoms with Gasteiger partial charge in [-0.05, 0) is 176 Å². The molecule has 1 aromatic heterocycles. The average Bonchev–Trinajstić information content (AvgIpc) is 3.63. The van der Waals surface area contributed by atoms with Crippen molar-refractivity contribution in [3.63, 3.8) is 0 Å². The van der Waals surface area contributed by atoms with E-state index in [1.165, 1.54) is 143 Å². The van der Waals surface area contributed by atoms with Crippen molar-refractivity contribution < 1.29 is 0 Å². The van der Waals surface area contributed by atoms with Gasteiger partial charge in [0, 0.05) is 16.5 Å². The van der Waals surface area contributed by atoms with Crippen molar-refractivity contribution in [2.24, 2.45) is 0 Å². The first kappa shape index (κ1) is 34.4. The molecule has 10 aromatic rings. The molecule has 0 radical (unpaired) electrons. The fraction of sp³-hybridized carbons (Fsp3) is 0.138. The summed E-state index contributed by atoms with van der Waals surface area (Å²) in [6, 6.07) is 66.7. The zero-order valence-electron chi connectivity index (χ0n) is 33.3. The van der Waals surface area contributed by atoms with Crippen LogP contribution in [0.1, 0.15) is 47.9 Å². The molecule has 0 atom stereocenters. The van der Waals surface area contributed by atoms with Crippen LogP contribution in [0.2, 0.25) is 0 Å². The normalized spacial score (nSPS) is 13.9. The summed E-state index contributed by atoms with van der Waals surface area (Å²) in [7, 11) is 0. The fourth-order valence-corrected chi connectivity index (χ4v) is 10.9. The third-order valence-electron chi connectivity index (χ3n) is 13.6. The summed E-state index contributed by atoms with van der Waals surface area (Å²) in [6.07, 6.45) is 9.80. The number of nitrogens with zero attached hydrogens (tertiary/aromatic N) is 1. The lowest BCUT2D eigenvalue weighted by Crippen LogP contribution is -2.04. The number of rotatable bonds is 5. The maximum atomic E-state index is 2.53. The highest BCUT2D eigenvalue weighted by molar-refractivity contribution is 6.22. The minimum atomic E-state index is 1.16. The van der Waals surface area contributed by atoms with Crippen LogP contribution in [0.3, 0.4) is 0 Å². The molecule has 0 fully saturated rings. The maximum Gasteiger partial charge on any atom is 0.0541 e. The van der Waals surface area contributed by atoms with Gasteiger partial charge in [-0.2, -0.15) is 0 Å². The molecule has 1 heteroatoms. The second-order valence-corrected chi connectivity index (χ2v) is 16.9. The van der Waals surface area contributed by atoms with Gasteiger partial charge in [-0.15, -0.1) is 0 Å². The number of fused-ring (bicyclic) bond motifs is 7. The van der Waals surface area contributed by atoms with E-state index < -0.39 is 0 Å². The van der Waals surface area contributed by atoms with E-state index in [4.69, 9.17) is 0 Å². The van der Waals surface area contributed by atoms with E-state index in [9.17, 15) is 0 Å². The molecule has 2 aliphatic carbocycles. The van der Waals surface area contributed by atoms with E-state index in [0.717, 1.165) is 12.8 Å². The Labute approximate surface area is 346 Å². The monoisotopic (exact) mass is 755 g/mol. The first-order chi connectivity index (χ1) is 29.3. The number of hydrogen-bond donors (Lipinski definition) is 0. The zero-order valence-corrected chi connectivity index (χ0v) is 33.3. The molecule has 12 rings (SSSR count). The first-order valence-electron chi connectivity index (χ1n) is 21.7. The van der Waals surface area contributed by atoms with Gasteiger partial charge >= 0.3 is 0 Å². The summed E-state index contributed by atoms with van der Waals surface area (Å²) >= 11 is 0. The zero-order chi connectivity index (χ0) is 38.9. The summed E-state index contributed by atoms with van der Waals surface area (Å²) in [5.41, 5.74) is 20.3. The Bertz CT molecular complexity index is 3140. The van der Waals surface area contributed by atoms with Gasteiger partial charge in [0.2, 0.25) is 0 Å². The summed E-state index contributed by atoms with van der Waals surface area (Å²) in [6.45, 7) is 0. The van der Waals surface area contributed by atoms with Gasteiger partial charge in [-0.25, -0.2) is 0 Å². The molecule has 0 saturated carbocycles. The molecule has 9 aromatic carbocycles. The van der Waals surface area contributed by atoms with Crippen LogP contribution >= 0.6 is 0 Å². The van der Waals surface area contributed by atoms with Crippen molar-refractivity contribution in [3.05, 3.63) is 198 Å². The average molecular weight is 756 g/mol. The lowest BCUT2D eigenvalue weighted by molar-refractivity contribution is 0.687. The highest BCUT2D eigenvalue weighted by Crippen LogP contribution is 2.46. The number of aryl methyl sites for hydroxylation is 2. The number of aromatic nitrogens is 1. The van der Waals surface area contributed by atoms with Crippen LogP contribution in [0.4, 0.5) is 0 Å². The molecular weight excluding hydrogens is 711 g/mol. The van der Waals surface area contributed by atoms with E-state index in [1.807, 2.05) is 0 Å². The van der Waals surface area contributed by atoms with Gasteiger partial charge in [0.15, 0.2) is 0 Å². The van der Waals surface area contributed by atoms with E-state index >= 15 is 0 Å². The maximum absolute atomic E-state index is 2.53. The molecule has 1 heterocycles. The Morgan fingerprint density at radius 2 is 0.780 bits per heavy atom. The van der Waals surface area contributed by atoms with Crippen LogP contribution in [0.25, 0.3) is 93.5 Å². The van der Waals surface area contributed by atoms with Gasteiger partial charge < -0.3 is 4.57 Å². The molecule has 0 amide bonds. The summed E-state index contributed by atoms with van der Waals surface area (Å²) in [5, 5.41) is 7.71. The van der Waals surface area contributed by atoms with Gasteiger partial charge in [0.25, 0.3) is 0 Å². The van der Waals surface area contributed by atoms with Gasteiger partial charge in [0.05, 0.1) is 11.0 Å². The van der Waals surface area contributed by atoms with Gasteiger partial charge in [-0.1, -0.05) is 140 Å². The second-order valence-electron chi connectivity index (χ2n) is 16.9. The molecule has 0 unspecified atom stereocenters. The predicted molar refractivity (Wildman–Crippen MR) is 251 cm³/mol. The van der Waals surface area contributed by atoms with E-state index in [1.54, 1.807) is 11.1 Å². The third-order valence-corrected chi connectivity index (χ3v) is 13.6. The minimum absolute atomic E-state index is 1.16. The van der Waals surface area contributed by atoms with Crippen molar-refractivity contribution in [2.75, 3.05) is 0 Å². The van der Waals surface area contributed by atoms with Crippen LogP contribution in [-0.2, 0) is 25.7 Å². The van der Waals surface area contributed by atoms with Crippen LogP contribution in [0, 0.1) is 0 Å². The van der Waals surface area contributed by atoms with E-state index in [2.05, 4.69) is 180 Å². The molecule has 0 spiro atoms. The summed E-state index contributed by atoms with van der Waals surface area (Å²) in [5.74, 6) is 0. The van der Waals surface area contributed by atoms with Crippen LogP contribution in [-0.4, -0.2) is 4.57 Å². The SMILES string of the molecule is c1ccc(-c2c3ccccc3c(-c3ccccc3)c3cc(-n4c5ccc(-c6cccc7c6CCCC7)cc5c5cc(-c6cccc7c6CCCC7)ccc54)ccc23)cc1. The standard InChI is InChI=1S/C58H45N/c1-3-17-40(18-4-1)57-49-25-11-12-26-50(49)58(41-19-5-2-6-20-41)54-37-44(31-32-51(54)57)59-55-33-29-42(47-27-13-21-38-15-7-9-23-45(38)47)35-52(55)53-36-43(30-34-56(53)59)48-28-14-22-39-16-8-10-24-46(39)48/h1-6,11-14,17-22,25-37H,7-10,15-16,23-24H2. The van der Waals surface area contributed by atoms with Crippen molar-refractivity contribution in [1.82, 2.24) is 4.57 Å². The van der Waals surface area contributed by atoms with Crippen LogP contribution in [0.15, 0.2) is 176 Å². The third kappa shape index (κ3) is 5.59. The second kappa shape index (κ2) is 14.0. The minimum Gasteiger partial charge on any atom is -0.309 e. The molecule has 2 aliphatic rings. The van der Waals surface area contributed by atoms with Gasteiger partial charge in [0.1, 0.15) is 0 Å². The lowest BCUT2D eigenvalue weighted by atomic mass is 9.85. The molecule has 0 saturated heterocycles. The van der Waals surface area contributed by atoms with Crippen molar-refractivity contribution in [1.29, 1.82) is 0 Å². The quantitative estimate of drug-likeness (QED) is 0.154. The Morgan fingerprint density at radius 1 is 0.305 bits per heavy atom. The Hall–Kier alpha value is -6.70. The number of hydrogen-bond acceptors (Lipinski definition) is 0. The lowest BCUT2D eigenvalue weighted by Gasteiger charge is -2.20. The van der Waals surface area contributed by atoms with E-state index in [0.29, 0.717) is 0 Å². The molecule has 1 nitrogen and oxygen atoms in total. The van der Waals surface area contributed by atoms with Gasteiger partial charge in [-0.3, -0.25) is 0 Å². The highest BCUT2D eigenvalue weighted by atomic mass is 15.0. The summed E-state index contributed by atoms with van der Waals surface area (Å²) < 4.78 is 2.53. The predicted octanol–water partition coefficient (Wildman–Crippen LogP) is 15.5. The molecule has 0 bridgehead atoms. The molecular formula is C58H45N. The molecule has 0 N–H and O–H groups in total. The number of benzene rings is 9.